The molecule has 3 rings (SSSR count). The van der Waals surface area contributed by atoms with E-state index in [1.807, 2.05) is 0 Å². The van der Waals surface area contributed by atoms with E-state index in [2.05, 4.69) is 12.2 Å². The molecule has 1 atom stereocenters. The van der Waals surface area contributed by atoms with Crippen LogP contribution in [0.1, 0.15) is 71.1 Å². The maximum Gasteiger partial charge on any atom is 0.247 e. The van der Waals surface area contributed by atoms with Gasteiger partial charge in [-0.05, 0) is 37.5 Å². The van der Waals surface area contributed by atoms with Crippen molar-refractivity contribution in [2.75, 3.05) is 6.54 Å². The predicted molar refractivity (Wildman–Crippen MR) is 81.7 cm³/mol. The van der Waals surface area contributed by atoms with E-state index in [1.165, 1.54) is 32.1 Å². The fourth-order valence-electron chi connectivity index (χ4n) is 4.48. The van der Waals surface area contributed by atoms with Crippen LogP contribution in [0.4, 0.5) is 0 Å². The first-order chi connectivity index (χ1) is 10.2. The third kappa shape index (κ3) is 2.87. The van der Waals surface area contributed by atoms with Crippen molar-refractivity contribution in [1.82, 2.24) is 10.2 Å². The molecule has 1 unspecified atom stereocenters. The van der Waals surface area contributed by atoms with Gasteiger partial charge < -0.3 is 5.32 Å². The Morgan fingerprint density at radius 2 is 1.81 bits per heavy atom. The molecule has 4 nitrogen and oxygen atoms in total. The van der Waals surface area contributed by atoms with Crippen LogP contribution in [0.25, 0.3) is 0 Å². The summed E-state index contributed by atoms with van der Waals surface area (Å²) in [6, 6.07) is -0.0782. The van der Waals surface area contributed by atoms with Gasteiger partial charge in [0.2, 0.25) is 11.8 Å². The maximum absolute atomic E-state index is 12.5. The fraction of sp³-hybridized carbons (Fsp3) is 0.882. The number of carbonyl (C=O) groups is 2. The molecule has 1 aliphatic heterocycles. The number of nitrogens with zero attached hydrogens (tertiary/aromatic N) is 1. The van der Waals surface area contributed by atoms with Crippen molar-refractivity contribution in [3.05, 3.63) is 0 Å². The van der Waals surface area contributed by atoms with E-state index < -0.39 is 0 Å². The number of likely N-dealkylation sites (tertiary alicyclic amines) is 1. The van der Waals surface area contributed by atoms with Gasteiger partial charge in [-0.2, -0.15) is 0 Å². The summed E-state index contributed by atoms with van der Waals surface area (Å²) < 4.78 is 0. The van der Waals surface area contributed by atoms with E-state index >= 15 is 0 Å². The lowest BCUT2D eigenvalue weighted by Gasteiger charge is -2.29. The van der Waals surface area contributed by atoms with Gasteiger partial charge in [-0.25, -0.2) is 0 Å². The Bertz CT molecular complexity index is 409. The Morgan fingerprint density at radius 1 is 1.14 bits per heavy atom. The van der Waals surface area contributed by atoms with Crippen LogP contribution in [-0.2, 0) is 9.59 Å². The second-order valence-corrected chi connectivity index (χ2v) is 7.24. The molecule has 21 heavy (non-hydrogen) atoms. The molecular weight excluding hydrogens is 264 g/mol. The molecule has 1 saturated heterocycles. The van der Waals surface area contributed by atoms with Gasteiger partial charge in [0.15, 0.2) is 0 Å². The third-order valence-electron chi connectivity index (χ3n) is 6.01. The van der Waals surface area contributed by atoms with E-state index in [0.717, 1.165) is 32.2 Å². The quantitative estimate of drug-likeness (QED) is 0.792. The highest BCUT2D eigenvalue weighted by atomic mass is 16.2. The first-order valence-corrected chi connectivity index (χ1v) is 8.74. The lowest BCUT2D eigenvalue weighted by atomic mass is 9.83. The average Bonchev–Trinajstić information content (AvgIpc) is 3.19. The summed E-state index contributed by atoms with van der Waals surface area (Å²) in [5, 5.41) is 3.44. The van der Waals surface area contributed by atoms with Crippen molar-refractivity contribution in [2.45, 2.75) is 83.2 Å². The Kier molecular flexibility index (Phi) is 4.34. The second-order valence-electron chi connectivity index (χ2n) is 7.24. The third-order valence-corrected chi connectivity index (χ3v) is 6.01. The zero-order valence-corrected chi connectivity index (χ0v) is 13.2. The zero-order chi connectivity index (χ0) is 14.9. The Hall–Kier alpha value is -0.900. The SMILES string of the molecule is CCC1(CNC2CC(=O)N(C3CCCC3)C2=O)CCCC1. The largest absolute Gasteiger partial charge is 0.305 e. The Balaban J connectivity index is 1.59. The van der Waals surface area contributed by atoms with Gasteiger partial charge >= 0.3 is 0 Å². The van der Waals surface area contributed by atoms with Crippen molar-refractivity contribution in [3.8, 4) is 0 Å². The van der Waals surface area contributed by atoms with Gasteiger partial charge in [0.05, 0.1) is 12.5 Å². The van der Waals surface area contributed by atoms with Crippen LogP contribution < -0.4 is 5.32 Å². The van der Waals surface area contributed by atoms with Crippen LogP contribution in [-0.4, -0.2) is 35.3 Å². The van der Waals surface area contributed by atoms with Gasteiger partial charge in [-0.1, -0.05) is 32.6 Å². The molecule has 0 aromatic carbocycles. The van der Waals surface area contributed by atoms with Gasteiger partial charge in [0.1, 0.15) is 0 Å². The fourth-order valence-corrected chi connectivity index (χ4v) is 4.48. The number of imide groups is 1. The zero-order valence-electron chi connectivity index (χ0n) is 13.2. The number of nitrogens with one attached hydrogen (secondary N) is 1. The normalized spacial score (nSPS) is 29.8. The highest BCUT2D eigenvalue weighted by Gasteiger charge is 2.43. The summed E-state index contributed by atoms with van der Waals surface area (Å²) in [6.45, 7) is 3.14. The minimum atomic E-state index is -0.262. The molecule has 0 spiro atoms. The smallest absolute Gasteiger partial charge is 0.247 e. The maximum atomic E-state index is 12.5. The Labute approximate surface area is 127 Å². The summed E-state index contributed by atoms with van der Waals surface area (Å²) >= 11 is 0. The summed E-state index contributed by atoms with van der Waals surface area (Å²) in [5.74, 6) is 0.0810. The molecule has 0 bridgehead atoms. The molecule has 2 amide bonds. The van der Waals surface area contributed by atoms with Crippen molar-refractivity contribution in [1.29, 1.82) is 0 Å². The van der Waals surface area contributed by atoms with Crippen LogP contribution in [0.5, 0.6) is 0 Å². The molecule has 0 radical (unpaired) electrons. The van der Waals surface area contributed by atoms with Crippen molar-refractivity contribution < 1.29 is 9.59 Å². The highest BCUT2D eigenvalue weighted by molar-refractivity contribution is 6.05. The van der Waals surface area contributed by atoms with Crippen molar-refractivity contribution in [2.24, 2.45) is 5.41 Å². The molecule has 118 valence electrons. The van der Waals surface area contributed by atoms with Gasteiger partial charge in [0, 0.05) is 12.6 Å². The summed E-state index contributed by atoms with van der Waals surface area (Å²) in [6.07, 6.45) is 11.0. The number of rotatable bonds is 5. The number of amides is 2. The second kappa shape index (κ2) is 6.07. The number of hydrogen-bond acceptors (Lipinski definition) is 3. The standard InChI is InChI=1S/C17H28N2O2/c1-2-17(9-5-6-10-17)12-18-14-11-15(20)19(16(14)21)13-7-3-4-8-13/h13-14,18H,2-12H2,1H3. The molecule has 2 aliphatic carbocycles. The van der Waals surface area contributed by atoms with E-state index in [0.29, 0.717) is 11.8 Å². The summed E-state index contributed by atoms with van der Waals surface area (Å²) in [5.41, 5.74) is 0.365. The monoisotopic (exact) mass is 292 g/mol. The molecular formula is C17H28N2O2. The minimum absolute atomic E-state index is 0.0381. The lowest BCUT2D eigenvalue weighted by Crippen LogP contribution is -2.45. The summed E-state index contributed by atoms with van der Waals surface area (Å²) in [7, 11) is 0. The summed E-state index contributed by atoms with van der Waals surface area (Å²) in [4.78, 5) is 26.3. The first-order valence-electron chi connectivity index (χ1n) is 8.74. The predicted octanol–water partition coefficient (Wildman–Crippen LogP) is 2.62. The van der Waals surface area contributed by atoms with Gasteiger partial charge in [0.25, 0.3) is 0 Å². The number of hydrogen-bond donors (Lipinski definition) is 1. The van der Waals surface area contributed by atoms with E-state index in [9.17, 15) is 9.59 Å². The van der Waals surface area contributed by atoms with Crippen LogP contribution in [0.3, 0.4) is 0 Å². The number of carbonyl (C=O) groups excluding carboxylic acids is 2. The van der Waals surface area contributed by atoms with Crippen LogP contribution in [0.2, 0.25) is 0 Å². The van der Waals surface area contributed by atoms with Crippen LogP contribution >= 0.6 is 0 Å². The average molecular weight is 292 g/mol. The lowest BCUT2D eigenvalue weighted by molar-refractivity contribution is -0.141. The van der Waals surface area contributed by atoms with E-state index in [-0.39, 0.29) is 23.9 Å². The van der Waals surface area contributed by atoms with Gasteiger partial charge in [-0.3, -0.25) is 14.5 Å². The van der Waals surface area contributed by atoms with Crippen molar-refractivity contribution in [3.63, 3.8) is 0 Å². The molecule has 3 fully saturated rings. The molecule has 1 heterocycles. The van der Waals surface area contributed by atoms with Crippen molar-refractivity contribution >= 4 is 11.8 Å². The van der Waals surface area contributed by atoms with Crippen LogP contribution in [0, 0.1) is 5.41 Å². The molecule has 3 aliphatic rings. The first kappa shape index (κ1) is 15.0. The van der Waals surface area contributed by atoms with Crippen LogP contribution in [0.15, 0.2) is 0 Å². The molecule has 0 aromatic rings. The molecule has 4 heteroatoms. The van der Waals surface area contributed by atoms with Gasteiger partial charge in [-0.15, -0.1) is 0 Å². The molecule has 0 aromatic heterocycles. The van der Waals surface area contributed by atoms with E-state index in [1.54, 1.807) is 4.90 Å². The Morgan fingerprint density at radius 3 is 2.43 bits per heavy atom. The molecule has 2 saturated carbocycles. The highest BCUT2D eigenvalue weighted by Crippen LogP contribution is 2.40. The van der Waals surface area contributed by atoms with E-state index in [4.69, 9.17) is 0 Å². The molecule has 1 N–H and O–H groups in total. The topological polar surface area (TPSA) is 49.4 Å². The minimum Gasteiger partial charge on any atom is -0.305 e.